The Morgan fingerprint density at radius 3 is 2.72 bits per heavy atom. The molecule has 2 rings (SSSR count). The number of alkyl halides is 2. The average Bonchev–Trinajstić information content (AvgIpc) is 2.68. The molecule has 1 fully saturated rings. The van der Waals surface area contributed by atoms with E-state index in [2.05, 4.69) is 10.3 Å². The minimum Gasteiger partial charge on any atom is -0.370 e. The first-order chi connectivity index (χ1) is 8.58. The van der Waals surface area contributed by atoms with Gasteiger partial charge in [-0.05, 0) is 18.4 Å². The monoisotopic (exact) mass is 253 g/mol. The van der Waals surface area contributed by atoms with Crippen LogP contribution < -0.4 is 11.1 Å². The Kier molecular flexibility index (Phi) is 3.79. The van der Waals surface area contributed by atoms with E-state index < -0.39 is 12.0 Å². The molecule has 3 N–H and O–H groups in total. The van der Waals surface area contributed by atoms with E-state index in [-0.39, 0.29) is 12.4 Å². The number of halogens is 2. The molecule has 0 aliphatic heterocycles. The van der Waals surface area contributed by atoms with Crippen molar-refractivity contribution in [3.05, 3.63) is 35.9 Å². The van der Waals surface area contributed by atoms with Crippen LogP contribution in [0.4, 0.5) is 8.78 Å². The lowest BCUT2D eigenvalue weighted by Gasteiger charge is -2.20. The predicted octanol–water partition coefficient (Wildman–Crippen LogP) is 2.28. The number of benzene rings is 1. The van der Waals surface area contributed by atoms with Crippen LogP contribution in [0, 0.1) is 0 Å². The lowest BCUT2D eigenvalue weighted by atomic mass is 10.2. The van der Waals surface area contributed by atoms with Crippen LogP contribution >= 0.6 is 0 Å². The second-order valence-electron chi connectivity index (χ2n) is 4.54. The Morgan fingerprint density at radius 1 is 1.39 bits per heavy atom. The highest BCUT2D eigenvalue weighted by atomic mass is 19.3. The molecule has 18 heavy (non-hydrogen) atoms. The van der Waals surface area contributed by atoms with Gasteiger partial charge in [0.2, 0.25) is 0 Å². The quantitative estimate of drug-likeness (QED) is 0.641. The molecule has 1 aliphatic rings. The van der Waals surface area contributed by atoms with Gasteiger partial charge in [0.05, 0.1) is 12.6 Å². The summed E-state index contributed by atoms with van der Waals surface area (Å²) in [6.07, 6.45) is 0.891. The molecular formula is C13H17F2N3. The fourth-order valence-electron chi connectivity index (χ4n) is 2.09. The smallest absolute Gasteiger partial charge is 0.267 e. The van der Waals surface area contributed by atoms with Gasteiger partial charge >= 0.3 is 0 Å². The van der Waals surface area contributed by atoms with E-state index in [4.69, 9.17) is 5.73 Å². The molecule has 1 aliphatic carbocycles. The second kappa shape index (κ2) is 5.33. The maximum atomic E-state index is 13.4. The molecule has 0 bridgehead atoms. The fourth-order valence-corrected chi connectivity index (χ4v) is 2.09. The highest BCUT2D eigenvalue weighted by molar-refractivity contribution is 5.78. The summed E-state index contributed by atoms with van der Waals surface area (Å²) in [6, 6.07) is 8.67. The molecule has 0 amide bonds. The zero-order valence-corrected chi connectivity index (χ0v) is 10.1. The second-order valence-corrected chi connectivity index (χ2v) is 4.54. The summed E-state index contributed by atoms with van der Waals surface area (Å²) in [5, 5.41) is 2.62. The number of nitrogens with one attached hydrogen (secondary N) is 1. The van der Waals surface area contributed by atoms with Crippen molar-refractivity contribution in [1.29, 1.82) is 0 Å². The molecule has 0 saturated heterocycles. The van der Waals surface area contributed by atoms with Gasteiger partial charge in [-0.15, -0.1) is 0 Å². The SMILES string of the molecule is NC(=NCc1ccccc1)NC1CCCC1(F)F. The lowest BCUT2D eigenvalue weighted by molar-refractivity contribution is -0.0124. The van der Waals surface area contributed by atoms with Crippen molar-refractivity contribution in [2.45, 2.75) is 37.8 Å². The van der Waals surface area contributed by atoms with E-state index in [1.807, 2.05) is 30.3 Å². The molecule has 0 radical (unpaired) electrons. The Morgan fingerprint density at radius 2 is 2.11 bits per heavy atom. The molecule has 0 spiro atoms. The molecule has 1 atom stereocenters. The van der Waals surface area contributed by atoms with Gasteiger partial charge in [0.15, 0.2) is 5.96 Å². The van der Waals surface area contributed by atoms with Gasteiger partial charge in [-0.25, -0.2) is 13.8 Å². The van der Waals surface area contributed by atoms with Crippen LogP contribution in [-0.4, -0.2) is 17.9 Å². The zero-order chi connectivity index (χ0) is 13.0. The average molecular weight is 253 g/mol. The third-order valence-corrected chi connectivity index (χ3v) is 3.11. The molecule has 1 unspecified atom stereocenters. The Hall–Kier alpha value is -1.65. The van der Waals surface area contributed by atoms with Gasteiger partial charge in [-0.2, -0.15) is 0 Å². The van der Waals surface area contributed by atoms with Crippen LogP contribution in [0.3, 0.4) is 0 Å². The summed E-state index contributed by atoms with van der Waals surface area (Å²) in [4.78, 5) is 4.07. The topological polar surface area (TPSA) is 50.4 Å². The third kappa shape index (κ3) is 3.18. The zero-order valence-electron chi connectivity index (χ0n) is 10.1. The minimum absolute atomic E-state index is 0.0728. The minimum atomic E-state index is -2.67. The van der Waals surface area contributed by atoms with Crippen LogP contribution in [0.15, 0.2) is 35.3 Å². The van der Waals surface area contributed by atoms with E-state index in [0.717, 1.165) is 5.56 Å². The van der Waals surface area contributed by atoms with Crippen LogP contribution in [-0.2, 0) is 6.54 Å². The molecule has 1 saturated carbocycles. The largest absolute Gasteiger partial charge is 0.370 e. The highest BCUT2D eigenvalue weighted by Gasteiger charge is 2.44. The highest BCUT2D eigenvalue weighted by Crippen LogP contribution is 2.34. The maximum Gasteiger partial charge on any atom is 0.267 e. The van der Waals surface area contributed by atoms with Crippen molar-refractivity contribution >= 4 is 5.96 Å². The van der Waals surface area contributed by atoms with Crippen LogP contribution in [0.2, 0.25) is 0 Å². The normalized spacial score (nSPS) is 23.0. The molecule has 98 valence electrons. The van der Waals surface area contributed by atoms with Crippen molar-refractivity contribution in [2.24, 2.45) is 10.7 Å². The first-order valence-corrected chi connectivity index (χ1v) is 6.06. The molecule has 3 nitrogen and oxygen atoms in total. The summed E-state index contributed by atoms with van der Waals surface area (Å²) in [7, 11) is 0. The Bertz CT molecular complexity index is 418. The standard InChI is InChI=1S/C13H17F2N3/c14-13(15)8-4-7-11(13)18-12(16)17-9-10-5-2-1-3-6-10/h1-3,5-6,11H,4,7-9H2,(H3,16,17,18). The number of hydrogen-bond donors (Lipinski definition) is 2. The van der Waals surface area contributed by atoms with Crippen molar-refractivity contribution in [3.8, 4) is 0 Å². The molecule has 0 heterocycles. The van der Waals surface area contributed by atoms with Crippen LogP contribution in [0.5, 0.6) is 0 Å². The number of nitrogens with two attached hydrogens (primary N) is 1. The third-order valence-electron chi connectivity index (χ3n) is 3.11. The molecule has 5 heteroatoms. The van der Waals surface area contributed by atoms with Crippen molar-refractivity contribution < 1.29 is 8.78 Å². The summed E-state index contributed by atoms with van der Waals surface area (Å²) < 4.78 is 26.7. The summed E-state index contributed by atoms with van der Waals surface area (Å²) >= 11 is 0. The van der Waals surface area contributed by atoms with Gasteiger partial charge in [-0.3, -0.25) is 0 Å². The first kappa shape index (κ1) is 12.8. The predicted molar refractivity (Wildman–Crippen MR) is 67.5 cm³/mol. The van der Waals surface area contributed by atoms with E-state index in [0.29, 0.717) is 19.4 Å². The van der Waals surface area contributed by atoms with Crippen LogP contribution in [0.25, 0.3) is 0 Å². The van der Waals surface area contributed by atoms with Crippen LogP contribution in [0.1, 0.15) is 24.8 Å². The number of nitrogens with zero attached hydrogens (tertiary/aromatic N) is 1. The van der Waals surface area contributed by atoms with Gasteiger partial charge in [0.25, 0.3) is 5.92 Å². The van der Waals surface area contributed by atoms with Gasteiger partial charge in [0, 0.05) is 6.42 Å². The Balaban J connectivity index is 1.90. The maximum absolute atomic E-state index is 13.4. The van der Waals surface area contributed by atoms with Gasteiger partial charge in [-0.1, -0.05) is 30.3 Å². The summed E-state index contributed by atoms with van der Waals surface area (Å²) in [5.41, 5.74) is 6.63. The van der Waals surface area contributed by atoms with Crippen molar-refractivity contribution in [3.63, 3.8) is 0 Å². The van der Waals surface area contributed by atoms with Crippen molar-refractivity contribution in [1.82, 2.24) is 5.32 Å². The van der Waals surface area contributed by atoms with Gasteiger partial charge < -0.3 is 11.1 Å². The summed E-state index contributed by atoms with van der Waals surface area (Å²) in [6.45, 7) is 0.401. The number of aliphatic imine (C=N–C) groups is 1. The molecule has 1 aromatic carbocycles. The number of guanidine groups is 1. The fraction of sp³-hybridized carbons (Fsp3) is 0.462. The van der Waals surface area contributed by atoms with Crippen molar-refractivity contribution in [2.75, 3.05) is 0 Å². The molecular weight excluding hydrogens is 236 g/mol. The van der Waals surface area contributed by atoms with E-state index >= 15 is 0 Å². The van der Waals surface area contributed by atoms with E-state index in [9.17, 15) is 8.78 Å². The first-order valence-electron chi connectivity index (χ1n) is 6.06. The van der Waals surface area contributed by atoms with E-state index in [1.54, 1.807) is 0 Å². The number of rotatable bonds is 3. The van der Waals surface area contributed by atoms with E-state index in [1.165, 1.54) is 0 Å². The Labute approximate surface area is 105 Å². The van der Waals surface area contributed by atoms with Gasteiger partial charge in [0.1, 0.15) is 0 Å². The lowest BCUT2D eigenvalue weighted by Crippen LogP contribution is -2.47. The number of hydrogen-bond acceptors (Lipinski definition) is 1. The molecule has 1 aromatic rings. The summed E-state index contributed by atoms with van der Waals surface area (Å²) in [5.74, 6) is -2.59. The molecule has 0 aromatic heterocycles.